The van der Waals surface area contributed by atoms with Gasteiger partial charge in [0.15, 0.2) is 0 Å². The molecule has 0 aliphatic carbocycles. The molecule has 3 N–H and O–H groups in total. The Balaban J connectivity index is 1.85. The van der Waals surface area contributed by atoms with Crippen molar-refractivity contribution in [2.45, 2.75) is 13.1 Å². The smallest absolute Gasteiger partial charge is 0.316 e. The number of carbonyl (C=O) groups excluding carboxylic acids is 2. The minimum Gasteiger partial charge on any atom is -0.467 e. The molecule has 0 unspecified atom stereocenters. The zero-order valence-electron chi connectivity index (χ0n) is 14.1. The van der Waals surface area contributed by atoms with Crippen LogP contribution in [-0.2, 0) is 13.1 Å². The molecular weight excluding hydrogens is 330 g/mol. The van der Waals surface area contributed by atoms with Gasteiger partial charge in [-0.1, -0.05) is 36.4 Å². The summed E-state index contributed by atoms with van der Waals surface area (Å²) in [6, 6.07) is 19.4. The van der Waals surface area contributed by atoms with Crippen molar-refractivity contribution in [3.63, 3.8) is 0 Å². The monoisotopic (exact) mass is 349 g/mol. The lowest BCUT2D eigenvalue weighted by Gasteiger charge is -2.22. The summed E-state index contributed by atoms with van der Waals surface area (Å²) >= 11 is 0. The molecule has 6 nitrogen and oxygen atoms in total. The first-order valence-electron chi connectivity index (χ1n) is 8.14. The topological polar surface area (TPSA) is 88.6 Å². The zero-order valence-corrected chi connectivity index (χ0v) is 14.1. The van der Waals surface area contributed by atoms with E-state index in [2.05, 4.69) is 5.32 Å². The third-order valence-corrected chi connectivity index (χ3v) is 3.81. The van der Waals surface area contributed by atoms with Gasteiger partial charge in [-0.3, -0.25) is 4.79 Å². The first-order chi connectivity index (χ1) is 12.6. The van der Waals surface area contributed by atoms with Gasteiger partial charge >= 0.3 is 6.03 Å². The Morgan fingerprint density at radius 2 is 1.77 bits per heavy atom. The van der Waals surface area contributed by atoms with Crippen molar-refractivity contribution in [3.8, 4) is 0 Å². The van der Waals surface area contributed by atoms with Gasteiger partial charge in [0.1, 0.15) is 5.76 Å². The van der Waals surface area contributed by atoms with Crippen LogP contribution in [-0.4, -0.2) is 16.8 Å². The quantitative estimate of drug-likeness (QED) is 0.712. The van der Waals surface area contributed by atoms with E-state index in [0.29, 0.717) is 30.1 Å². The van der Waals surface area contributed by atoms with E-state index in [0.717, 1.165) is 5.56 Å². The standard InChI is InChI=1S/C20H19N3O3/c21-20(25)22-17-9-4-8-16(12-17)19(24)23(14-18-10-5-11-26-18)13-15-6-2-1-3-7-15/h1-12H,13-14H2,(H3,21,22,25). The van der Waals surface area contributed by atoms with Crippen LogP contribution in [0.15, 0.2) is 77.4 Å². The second kappa shape index (κ2) is 8.02. The van der Waals surface area contributed by atoms with Gasteiger partial charge in [0.05, 0.1) is 12.8 Å². The molecule has 0 spiro atoms. The maximum atomic E-state index is 13.1. The van der Waals surface area contributed by atoms with Crippen LogP contribution in [0, 0.1) is 0 Å². The highest BCUT2D eigenvalue weighted by atomic mass is 16.3. The van der Waals surface area contributed by atoms with Gasteiger partial charge in [0.2, 0.25) is 0 Å². The summed E-state index contributed by atoms with van der Waals surface area (Å²) in [7, 11) is 0. The fourth-order valence-corrected chi connectivity index (χ4v) is 2.65. The molecule has 1 heterocycles. The number of hydrogen-bond acceptors (Lipinski definition) is 3. The third-order valence-electron chi connectivity index (χ3n) is 3.81. The number of carbonyl (C=O) groups is 2. The van der Waals surface area contributed by atoms with Crippen LogP contribution in [0.25, 0.3) is 0 Å². The highest BCUT2D eigenvalue weighted by molar-refractivity contribution is 5.96. The molecule has 3 rings (SSSR count). The summed E-state index contributed by atoms with van der Waals surface area (Å²) < 4.78 is 5.40. The average molecular weight is 349 g/mol. The Hall–Kier alpha value is -3.54. The average Bonchev–Trinajstić information content (AvgIpc) is 3.14. The predicted molar refractivity (Wildman–Crippen MR) is 98.4 cm³/mol. The maximum Gasteiger partial charge on any atom is 0.316 e. The highest BCUT2D eigenvalue weighted by Crippen LogP contribution is 2.17. The number of hydrogen-bond donors (Lipinski definition) is 2. The van der Waals surface area contributed by atoms with Crippen molar-refractivity contribution in [3.05, 3.63) is 89.9 Å². The van der Waals surface area contributed by atoms with Crippen LogP contribution in [0.5, 0.6) is 0 Å². The van der Waals surface area contributed by atoms with E-state index < -0.39 is 6.03 Å². The van der Waals surface area contributed by atoms with Crippen molar-refractivity contribution in [1.29, 1.82) is 0 Å². The summed E-state index contributed by atoms with van der Waals surface area (Å²) in [5, 5.41) is 2.48. The normalized spacial score (nSPS) is 10.3. The molecule has 0 radical (unpaired) electrons. The second-order valence-corrected chi connectivity index (χ2v) is 5.80. The van der Waals surface area contributed by atoms with E-state index in [1.165, 1.54) is 0 Å². The molecule has 1 aromatic heterocycles. The highest BCUT2D eigenvalue weighted by Gasteiger charge is 2.18. The predicted octanol–water partition coefficient (Wildman–Crippen LogP) is 3.61. The molecule has 0 saturated carbocycles. The molecule has 2 aromatic carbocycles. The lowest BCUT2D eigenvalue weighted by Crippen LogP contribution is -2.30. The molecule has 0 bridgehead atoms. The van der Waals surface area contributed by atoms with Crippen LogP contribution in [0.1, 0.15) is 21.7 Å². The molecule has 0 saturated heterocycles. The zero-order chi connectivity index (χ0) is 18.4. The van der Waals surface area contributed by atoms with Crippen LogP contribution < -0.4 is 11.1 Å². The van der Waals surface area contributed by atoms with Crippen LogP contribution in [0.3, 0.4) is 0 Å². The summed E-state index contributed by atoms with van der Waals surface area (Å²) in [5.41, 5.74) is 7.09. The molecule has 132 valence electrons. The van der Waals surface area contributed by atoms with Crippen molar-refractivity contribution < 1.29 is 14.0 Å². The molecule has 3 amide bonds. The number of amides is 3. The molecule has 0 fully saturated rings. The summed E-state index contributed by atoms with van der Waals surface area (Å²) in [6.45, 7) is 0.780. The molecule has 0 aliphatic rings. The Morgan fingerprint density at radius 3 is 2.46 bits per heavy atom. The third kappa shape index (κ3) is 4.51. The largest absolute Gasteiger partial charge is 0.467 e. The van der Waals surface area contributed by atoms with Gasteiger partial charge in [-0.15, -0.1) is 0 Å². The Bertz CT molecular complexity index is 876. The number of anilines is 1. The Kier molecular flexibility index (Phi) is 5.34. The van der Waals surface area contributed by atoms with E-state index in [-0.39, 0.29) is 5.91 Å². The van der Waals surface area contributed by atoms with Crippen molar-refractivity contribution in [1.82, 2.24) is 4.90 Å². The fraction of sp³-hybridized carbons (Fsp3) is 0.100. The summed E-state index contributed by atoms with van der Waals surface area (Å²) in [5.74, 6) is 0.527. The van der Waals surface area contributed by atoms with Gasteiger partial charge in [-0.25, -0.2) is 4.79 Å². The molecule has 6 heteroatoms. The lowest BCUT2D eigenvalue weighted by atomic mass is 10.1. The van der Waals surface area contributed by atoms with Gasteiger partial charge in [0.25, 0.3) is 5.91 Å². The Morgan fingerprint density at radius 1 is 0.962 bits per heavy atom. The SMILES string of the molecule is NC(=O)Nc1cccc(C(=O)N(Cc2ccccc2)Cc2ccco2)c1. The van der Waals surface area contributed by atoms with Crippen LogP contribution in [0.2, 0.25) is 0 Å². The first-order valence-corrected chi connectivity index (χ1v) is 8.14. The van der Waals surface area contributed by atoms with Gasteiger partial charge in [-0.2, -0.15) is 0 Å². The number of benzene rings is 2. The second-order valence-electron chi connectivity index (χ2n) is 5.80. The van der Waals surface area contributed by atoms with Gasteiger partial charge in [-0.05, 0) is 35.9 Å². The number of urea groups is 1. The Labute approximate surface area is 151 Å². The van der Waals surface area contributed by atoms with Crippen LogP contribution >= 0.6 is 0 Å². The van der Waals surface area contributed by atoms with Crippen LogP contribution in [0.4, 0.5) is 10.5 Å². The first kappa shape index (κ1) is 17.3. The van der Waals surface area contributed by atoms with Crippen molar-refractivity contribution >= 4 is 17.6 Å². The summed E-state index contributed by atoms with van der Waals surface area (Å²) in [6.07, 6.45) is 1.58. The van der Waals surface area contributed by atoms with E-state index in [1.54, 1.807) is 41.5 Å². The molecule has 26 heavy (non-hydrogen) atoms. The number of furan rings is 1. The minimum absolute atomic E-state index is 0.168. The molecular formula is C20H19N3O3. The number of primary amides is 1. The van der Waals surface area contributed by atoms with Gasteiger partial charge < -0.3 is 20.4 Å². The van der Waals surface area contributed by atoms with Gasteiger partial charge in [0, 0.05) is 17.8 Å². The molecule has 3 aromatic rings. The minimum atomic E-state index is -0.675. The number of nitrogens with zero attached hydrogens (tertiary/aromatic N) is 1. The van der Waals surface area contributed by atoms with Crippen molar-refractivity contribution in [2.75, 3.05) is 5.32 Å². The van der Waals surface area contributed by atoms with E-state index >= 15 is 0 Å². The van der Waals surface area contributed by atoms with Crippen molar-refractivity contribution in [2.24, 2.45) is 5.73 Å². The van der Waals surface area contributed by atoms with E-state index in [4.69, 9.17) is 10.2 Å². The maximum absolute atomic E-state index is 13.1. The lowest BCUT2D eigenvalue weighted by molar-refractivity contribution is 0.0717. The van der Waals surface area contributed by atoms with E-state index in [1.807, 2.05) is 36.4 Å². The summed E-state index contributed by atoms with van der Waals surface area (Å²) in [4.78, 5) is 25.8. The molecule has 0 aliphatic heterocycles. The van der Waals surface area contributed by atoms with E-state index in [9.17, 15) is 9.59 Å². The molecule has 0 atom stereocenters. The number of rotatable bonds is 6. The number of nitrogens with two attached hydrogens (primary N) is 1. The fourth-order valence-electron chi connectivity index (χ4n) is 2.65. The number of nitrogens with one attached hydrogen (secondary N) is 1.